The molecule has 0 spiro atoms. The van der Waals surface area contributed by atoms with E-state index in [1.165, 1.54) is 18.2 Å². The normalized spacial score (nSPS) is 42.6. The van der Waals surface area contributed by atoms with Crippen molar-refractivity contribution in [1.82, 2.24) is 0 Å². The lowest BCUT2D eigenvalue weighted by Gasteiger charge is -2.48. The Morgan fingerprint density at radius 2 is 1.59 bits per heavy atom. The van der Waals surface area contributed by atoms with Gasteiger partial charge in [0.05, 0.1) is 36.4 Å². The number of benzene rings is 1. The number of rotatable bonds is 2. The number of hydrogen-bond donors (Lipinski definition) is 5. The zero-order chi connectivity index (χ0) is 20.9. The Kier molecular flexibility index (Phi) is 5.39. The summed E-state index contributed by atoms with van der Waals surface area (Å²) in [5.41, 5.74) is 0.613. The van der Waals surface area contributed by atoms with Gasteiger partial charge >= 0.3 is 0 Å². The molecule has 1 aromatic carbocycles. The second-order valence-corrected chi connectivity index (χ2v) is 8.18. The maximum atomic E-state index is 12.8. The predicted octanol–water partition coefficient (Wildman–Crippen LogP) is -0.0419. The molecule has 1 saturated carbocycles. The molecule has 9 atom stereocenters. The number of aliphatic hydroxyl groups excluding tert-OH is 4. The number of aromatic hydroxyl groups is 1. The van der Waals surface area contributed by atoms with E-state index in [4.69, 9.17) is 9.47 Å². The Hall–Kier alpha value is -1.97. The summed E-state index contributed by atoms with van der Waals surface area (Å²) in [5, 5.41) is 51.0. The third kappa shape index (κ3) is 3.67. The first-order chi connectivity index (χ1) is 13.8. The first-order valence-corrected chi connectivity index (χ1v) is 9.85. The number of carbonyl (C=O) groups is 1. The molecule has 4 rings (SSSR count). The Balaban J connectivity index is 1.56. The first-order valence-electron chi connectivity index (χ1n) is 9.85. The zero-order valence-electron chi connectivity index (χ0n) is 16.0. The summed E-state index contributed by atoms with van der Waals surface area (Å²) in [4.78, 5) is 12.8. The van der Waals surface area contributed by atoms with E-state index in [-0.39, 0.29) is 24.4 Å². The summed E-state index contributed by atoms with van der Waals surface area (Å²) in [6.45, 7) is 1.62. The monoisotopic (exact) mass is 406 g/mol. The third-order valence-corrected chi connectivity index (χ3v) is 6.28. The number of allylic oxidation sites excluding steroid dienone is 1. The SMILES string of the molecule is C[C@H]1O[C@@H]([C@H]2[C@H](O)[C@H]3C(=O)C=C(c4ccc(O)cc4)O[C@@H]3C[C@H]2O)C[C@H](O)[C@H]1O. The molecule has 3 aliphatic rings. The van der Waals surface area contributed by atoms with Gasteiger partial charge in [-0.25, -0.2) is 0 Å². The van der Waals surface area contributed by atoms with E-state index in [1.54, 1.807) is 19.1 Å². The fourth-order valence-electron chi connectivity index (χ4n) is 4.72. The van der Waals surface area contributed by atoms with Crippen molar-refractivity contribution in [2.75, 3.05) is 0 Å². The molecule has 2 aliphatic heterocycles. The van der Waals surface area contributed by atoms with Crippen molar-refractivity contribution in [1.29, 1.82) is 0 Å². The molecule has 8 heteroatoms. The Bertz CT molecular complexity index is 778. The number of hydrogen-bond acceptors (Lipinski definition) is 8. The number of phenols is 1. The topological polar surface area (TPSA) is 137 Å². The van der Waals surface area contributed by atoms with Gasteiger partial charge in [-0.1, -0.05) is 0 Å². The molecule has 5 N–H and O–H groups in total. The lowest BCUT2D eigenvalue weighted by molar-refractivity contribution is -0.217. The highest BCUT2D eigenvalue weighted by atomic mass is 16.5. The van der Waals surface area contributed by atoms with Crippen LogP contribution in [0.5, 0.6) is 5.75 Å². The minimum absolute atomic E-state index is 0.0608. The summed E-state index contributed by atoms with van der Waals surface area (Å²) < 4.78 is 11.7. The smallest absolute Gasteiger partial charge is 0.168 e. The van der Waals surface area contributed by atoms with Gasteiger partial charge in [-0.3, -0.25) is 4.79 Å². The van der Waals surface area contributed by atoms with E-state index in [1.807, 2.05) is 0 Å². The molecule has 1 aromatic rings. The lowest BCUT2D eigenvalue weighted by atomic mass is 9.69. The van der Waals surface area contributed by atoms with Crippen LogP contribution < -0.4 is 0 Å². The van der Waals surface area contributed by atoms with Crippen molar-refractivity contribution in [3.63, 3.8) is 0 Å². The quantitative estimate of drug-likeness (QED) is 0.461. The molecule has 0 amide bonds. The third-order valence-electron chi connectivity index (χ3n) is 6.28. The highest BCUT2D eigenvalue weighted by Crippen LogP contribution is 2.42. The number of aliphatic hydroxyl groups is 4. The largest absolute Gasteiger partial charge is 0.508 e. The number of ketones is 1. The van der Waals surface area contributed by atoms with Gasteiger partial charge in [0.1, 0.15) is 23.7 Å². The Morgan fingerprint density at radius 3 is 2.24 bits per heavy atom. The highest BCUT2D eigenvalue weighted by Gasteiger charge is 2.53. The summed E-state index contributed by atoms with van der Waals surface area (Å²) in [7, 11) is 0. The fraction of sp³-hybridized carbons (Fsp3) is 0.571. The van der Waals surface area contributed by atoms with E-state index < -0.39 is 54.6 Å². The molecule has 0 aromatic heterocycles. The van der Waals surface area contributed by atoms with E-state index >= 15 is 0 Å². The van der Waals surface area contributed by atoms with Gasteiger partial charge in [0, 0.05) is 30.4 Å². The van der Waals surface area contributed by atoms with Gasteiger partial charge < -0.3 is 35.0 Å². The molecular formula is C21H26O8. The van der Waals surface area contributed by atoms with Crippen LogP contribution in [0.1, 0.15) is 25.3 Å². The van der Waals surface area contributed by atoms with E-state index in [0.717, 1.165) is 0 Å². The second-order valence-electron chi connectivity index (χ2n) is 8.18. The van der Waals surface area contributed by atoms with Gasteiger partial charge in [0.15, 0.2) is 5.78 Å². The summed E-state index contributed by atoms with van der Waals surface area (Å²) in [6.07, 6.45) is -4.81. The summed E-state index contributed by atoms with van der Waals surface area (Å²) >= 11 is 0. The predicted molar refractivity (Wildman–Crippen MR) is 101 cm³/mol. The standard InChI is InChI=1S/C21H26O8/c1-9-20(26)14(25)8-16(28-9)18-13(24)7-17-19(21(18)27)12(23)6-15(29-17)10-2-4-11(22)5-3-10/h2-6,9,13-14,16-22,24-27H,7-8H2,1H3/t9-,13-,14+,16-,17-,18+,19+,20+,21+/m1/s1. The van der Waals surface area contributed by atoms with Crippen molar-refractivity contribution in [3.05, 3.63) is 35.9 Å². The van der Waals surface area contributed by atoms with Crippen LogP contribution in [-0.4, -0.2) is 74.0 Å². The second kappa shape index (κ2) is 7.70. The molecule has 1 aliphatic carbocycles. The van der Waals surface area contributed by atoms with Crippen LogP contribution in [-0.2, 0) is 14.3 Å². The summed E-state index contributed by atoms with van der Waals surface area (Å²) in [6, 6.07) is 6.21. The van der Waals surface area contributed by atoms with Crippen LogP contribution in [0.2, 0.25) is 0 Å². The van der Waals surface area contributed by atoms with Crippen molar-refractivity contribution < 1.29 is 39.8 Å². The van der Waals surface area contributed by atoms with Crippen LogP contribution in [0.15, 0.2) is 30.3 Å². The number of fused-ring (bicyclic) bond motifs is 1. The minimum Gasteiger partial charge on any atom is -0.508 e. The number of phenolic OH excluding ortho intramolecular Hbond substituents is 1. The number of ether oxygens (including phenoxy) is 2. The van der Waals surface area contributed by atoms with Crippen molar-refractivity contribution in [2.45, 2.75) is 62.5 Å². The maximum absolute atomic E-state index is 12.8. The van der Waals surface area contributed by atoms with Crippen molar-refractivity contribution >= 4 is 11.5 Å². The van der Waals surface area contributed by atoms with Crippen molar-refractivity contribution in [2.24, 2.45) is 11.8 Å². The molecular weight excluding hydrogens is 380 g/mol. The van der Waals surface area contributed by atoms with Gasteiger partial charge in [-0.05, 0) is 31.2 Å². The highest BCUT2D eigenvalue weighted by molar-refractivity contribution is 5.99. The van der Waals surface area contributed by atoms with E-state index in [9.17, 15) is 30.3 Å². The lowest BCUT2D eigenvalue weighted by Crippen LogP contribution is -2.60. The maximum Gasteiger partial charge on any atom is 0.168 e. The van der Waals surface area contributed by atoms with Crippen LogP contribution in [0.4, 0.5) is 0 Å². The molecule has 1 saturated heterocycles. The van der Waals surface area contributed by atoms with Gasteiger partial charge in [0.2, 0.25) is 0 Å². The van der Waals surface area contributed by atoms with Crippen molar-refractivity contribution in [3.8, 4) is 5.75 Å². The van der Waals surface area contributed by atoms with E-state index in [0.29, 0.717) is 11.3 Å². The summed E-state index contributed by atoms with van der Waals surface area (Å²) in [5.74, 6) is -1.52. The number of carbonyl (C=O) groups excluding carboxylic acids is 1. The molecule has 0 radical (unpaired) electrons. The zero-order valence-corrected chi connectivity index (χ0v) is 16.0. The Morgan fingerprint density at radius 1 is 0.931 bits per heavy atom. The molecule has 0 unspecified atom stereocenters. The fourth-order valence-corrected chi connectivity index (χ4v) is 4.72. The molecule has 2 heterocycles. The first kappa shape index (κ1) is 20.3. The Labute approximate surface area is 168 Å². The van der Waals surface area contributed by atoms with E-state index in [2.05, 4.69) is 0 Å². The van der Waals surface area contributed by atoms with Gasteiger partial charge in [-0.15, -0.1) is 0 Å². The average Bonchev–Trinajstić information content (AvgIpc) is 2.65. The average molecular weight is 406 g/mol. The molecule has 29 heavy (non-hydrogen) atoms. The van der Waals surface area contributed by atoms with Crippen LogP contribution >= 0.6 is 0 Å². The molecule has 8 nitrogen and oxygen atoms in total. The molecule has 0 bridgehead atoms. The van der Waals surface area contributed by atoms with Crippen LogP contribution in [0.25, 0.3) is 5.76 Å². The molecule has 158 valence electrons. The van der Waals surface area contributed by atoms with Gasteiger partial charge in [0.25, 0.3) is 0 Å². The minimum atomic E-state index is -1.21. The van der Waals surface area contributed by atoms with Crippen LogP contribution in [0, 0.1) is 11.8 Å². The van der Waals surface area contributed by atoms with Gasteiger partial charge in [-0.2, -0.15) is 0 Å². The van der Waals surface area contributed by atoms with Crippen LogP contribution in [0.3, 0.4) is 0 Å². The molecule has 2 fully saturated rings.